The van der Waals surface area contributed by atoms with Crippen molar-refractivity contribution < 1.29 is 27.5 Å². The number of rotatable bonds is 8. The molecule has 0 heterocycles. The van der Waals surface area contributed by atoms with Crippen molar-refractivity contribution in [3.63, 3.8) is 0 Å². The quantitative estimate of drug-likeness (QED) is 0.676. The van der Waals surface area contributed by atoms with Crippen molar-refractivity contribution in [1.82, 2.24) is 0 Å². The van der Waals surface area contributed by atoms with Crippen LogP contribution in [-0.4, -0.2) is 33.6 Å². The molecule has 0 aromatic heterocycles. The van der Waals surface area contributed by atoms with Gasteiger partial charge in [0.05, 0.1) is 34.9 Å². The highest BCUT2D eigenvalue weighted by molar-refractivity contribution is 7.92. The Balaban J connectivity index is 2.45. The molecule has 0 aliphatic heterocycles. The van der Waals surface area contributed by atoms with Gasteiger partial charge in [0.25, 0.3) is 10.0 Å². The summed E-state index contributed by atoms with van der Waals surface area (Å²) in [7, 11) is -3.97. The number of nitrogens with one attached hydrogen (secondary N) is 1. The summed E-state index contributed by atoms with van der Waals surface area (Å²) in [6.45, 7) is 5.57. The largest absolute Gasteiger partial charge is 0.462 e. The van der Waals surface area contributed by atoms with Crippen LogP contribution < -0.4 is 4.72 Å². The zero-order valence-corrected chi connectivity index (χ0v) is 16.8. The number of hydrogen-bond acceptors (Lipinski definition) is 6. The average Bonchev–Trinajstić information content (AvgIpc) is 2.68. The van der Waals surface area contributed by atoms with E-state index < -0.39 is 22.0 Å². The lowest BCUT2D eigenvalue weighted by Gasteiger charge is -2.14. The molecule has 0 saturated heterocycles. The van der Waals surface area contributed by atoms with Crippen molar-refractivity contribution in [2.45, 2.75) is 32.1 Å². The summed E-state index contributed by atoms with van der Waals surface area (Å²) in [4.78, 5) is 24.2. The maximum atomic E-state index is 12.8. The molecule has 0 unspecified atom stereocenters. The number of carbonyl (C=O) groups is 2. The van der Waals surface area contributed by atoms with Gasteiger partial charge in [-0.2, -0.15) is 0 Å². The number of benzene rings is 2. The predicted octanol–water partition coefficient (Wildman–Crippen LogP) is 3.40. The second kappa shape index (κ2) is 9.36. The molecule has 0 aliphatic carbocycles. The van der Waals surface area contributed by atoms with Crippen LogP contribution in [0, 0.1) is 0 Å². The first kappa shape index (κ1) is 21.4. The topological polar surface area (TPSA) is 98.8 Å². The van der Waals surface area contributed by atoms with Crippen molar-refractivity contribution in [2.75, 3.05) is 17.9 Å². The fourth-order valence-corrected chi connectivity index (χ4v) is 3.54. The maximum absolute atomic E-state index is 12.8. The molecule has 1 N–H and O–H groups in total. The zero-order chi connectivity index (χ0) is 20.7. The van der Waals surface area contributed by atoms with E-state index in [2.05, 4.69) is 4.72 Å². The van der Waals surface area contributed by atoms with E-state index in [1.807, 2.05) is 6.92 Å². The van der Waals surface area contributed by atoms with Crippen LogP contribution in [-0.2, 0) is 25.9 Å². The molecule has 2 aromatic rings. The third kappa shape index (κ3) is 5.10. The molecular weight excluding hydrogens is 382 g/mol. The third-order valence-electron chi connectivity index (χ3n) is 3.91. The van der Waals surface area contributed by atoms with Crippen molar-refractivity contribution in [1.29, 1.82) is 0 Å². The van der Waals surface area contributed by atoms with Crippen molar-refractivity contribution >= 4 is 27.6 Å². The molecule has 150 valence electrons. The Morgan fingerprint density at radius 1 is 0.893 bits per heavy atom. The first-order valence-corrected chi connectivity index (χ1v) is 10.4. The molecule has 0 fully saturated rings. The minimum absolute atomic E-state index is 0.00338. The maximum Gasteiger partial charge on any atom is 0.340 e. The Kier molecular flexibility index (Phi) is 7.17. The van der Waals surface area contributed by atoms with Gasteiger partial charge in [-0.1, -0.05) is 19.1 Å². The molecule has 2 aromatic carbocycles. The van der Waals surface area contributed by atoms with Gasteiger partial charge >= 0.3 is 11.9 Å². The van der Waals surface area contributed by atoms with Crippen molar-refractivity contribution in [3.05, 3.63) is 59.2 Å². The van der Waals surface area contributed by atoms with E-state index in [1.165, 1.54) is 30.3 Å². The van der Waals surface area contributed by atoms with Crippen molar-refractivity contribution in [3.8, 4) is 0 Å². The Morgan fingerprint density at radius 3 is 2.07 bits per heavy atom. The van der Waals surface area contributed by atoms with Crippen LogP contribution in [0.4, 0.5) is 5.69 Å². The summed E-state index contributed by atoms with van der Waals surface area (Å²) in [5, 5.41) is 0. The highest BCUT2D eigenvalue weighted by Crippen LogP contribution is 2.24. The second-order valence-corrected chi connectivity index (χ2v) is 7.49. The smallest absolute Gasteiger partial charge is 0.340 e. The molecule has 0 radical (unpaired) electrons. The number of carbonyl (C=O) groups excluding carboxylic acids is 2. The number of esters is 2. The number of anilines is 1. The lowest BCUT2D eigenvalue weighted by molar-refractivity contribution is 0.0512. The highest BCUT2D eigenvalue weighted by Gasteiger charge is 2.21. The van der Waals surface area contributed by atoms with E-state index in [0.29, 0.717) is 0 Å². The fraction of sp³-hybridized carbons (Fsp3) is 0.300. The molecule has 0 atom stereocenters. The van der Waals surface area contributed by atoms with Crippen LogP contribution >= 0.6 is 0 Å². The minimum atomic E-state index is -3.97. The second-order valence-electron chi connectivity index (χ2n) is 5.80. The number of hydrogen-bond donors (Lipinski definition) is 1. The molecular formula is C20H23NO6S. The summed E-state index contributed by atoms with van der Waals surface area (Å²) in [5.41, 5.74) is 1.07. The van der Waals surface area contributed by atoms with Crippen LogP contribution in [0.15, 0.2) is 47.4 Å². The van der Waals surface area contributed by atoms with Gasteiger partial charge in [0, 0.05) is 0 Å². The van der Waals surface area contributed by atoms with Crippen LogP contribution in [0.5, 0.6) is 0 Å². The molecule has 0 amide bonds. The van der Waals surface area contributed by atoms with Crippen molar-refractivity contribution in [2.24, 2.45) is 0 Å². The van der Waals surface area contributed by atoms with Gasteiger partial charge in [-0.3, -0.25) is 4.72 Å². The van der Waals surface area contributed by atoms with Crippen LogP contribution in [0.25, 0.3) is 0 Å². The van der Waals surface area contributed by atoms with Crippen LogP contribution in [0.2, 0.25) is 0 Å². The molecule has 0 bridgehead atoms. The predicted molar refractivity (Wildman–Crippen MR) is 105 cm³/mol. The normalized spacial score (nSPS) is 11.0. The average molecular weight is 405 g/mol. The van der Waals surface area contributed by atoms with Gasteiger partial charge in [-0.15, -0.1) is 0 Å². The van der Waals surface area contributed by atoms with E-state index >= 15 is 0 Å². The number of sulfonamides is 1. The summed E-state index contributed by atoms with van der Waals surface area (Å²) in [6, 6.07) is 10.4. The lowest BCUT2D eigenvalue weighted by Crippen LogP contribution is -2.17. The summed E-state index contributed by atoms with van der Waals surface area (Å²) in [5.74, 6) is -1.32. The van der Waals surface area contributed by atoms with E-state index in [1.54, 1.807) is 26.0 Å². The van der Waals surface area contributed by atoms with Gasteiger partial charge in [0.2, 0.25) is 0 Å². The fourth-order valence-electron chi connectivity index (χ4n) is 2.46. The molecule has 7 nitrogen and oxygen atoms in total. The first-order chi connectivity index (χ1) is 13.3. The zero-order valence-electron chi connectivity index (χ0n) is 16.0. The van der Waals surface area contributed by atoms with Crippen LogP contribution in [0.3, 0.4) is 0 Å². The van der Waals surface area contributed by atoms with Gasteiger partial charge in [0.1, 0.15) is 0 Å². The number of aryl methyl sites for hydroxylation is 1. The molecule has 2 rings (SSSR count). The lowest BCUT2D eigenvalue weighted by atomic mass is 10.1. The summed E-state index contributed by atoms with van der Waals surface area (Å²) >= 11 is 0. The molecule has 0 saturated carbocycles. The third-order valence-corrected chi connectivity index (χ3v) is 5.29. The van der Waals surface area contributed by atoms with Gasteiger partial charge in [-0.05, 0) is 56.2 Å². The molecule has 8 heteroatoms. The van der Waals surface area contributed by atoms with E-state index in [9.17, 15) is 18.0 Å². The van der Waals surface area contributed by atoms with Gasteiger partial charge in [0.15, 0.2) is 0 Å². The Hall–Kier alpha value is -2.87. The van der Waals surface area contributed by atoms with E-state index in [4.69, 9.17) is 9.47 Å². The molecule has 28 heavy (non-hydrogen) atoms. The monoisotopic (exact) mass is 405 g/mol. The standard InChI is InChI=1S/C20H23NO6S/c1-4-14-7-10-16(11-8-14)28(24,25)21-18-13-15(19(22)26-5-2)9-12-17(18)20(23)27-6-3/h7-13,21H,4-6H2,1-3H3. The summed E-state index contributed by atoms with van der Waals surface area (Å²) < 4.78 is 37.8. The Morgan fingerprint density at radius 2 is 1.50 bits per heavy atom. The minimum Gasteiger partial charge on any atom is -0.462 e. The molecule has 0 spiro atoms. The van der Waals surface area contributed by atoms with E-state index in [-0.39, 0.29) is 34.9 Å². The van der Waals surface area contributed by atoms with E-state index in [0.717, 1.165) is 12.0 Å². The van der Waals surface area contributed by atoms with Gasteiger partial charge < -0.3 is 9.47 Å². The highest BCUT2D eigenvalue weighted by atomic mass is 32.2. The van der Waals surface area contributed by atoms with Crippen LogP contribution in [0.1, 0.15) is 47.1 Å². The number of ether oxygens (including phenoxy) is 2. The SMILES string of the molecule is CCOC(=O)c1ccc(C(=O)OCC)c(NS(=O)(=O)c2ccc(CC)cc2)c1. The summed E-state index contributed by atoms with van der Waals surface area (Å²) in [6.07, 6.45) is 0.780. The first-order valence-electron chi connectivity index (χ1n) is 8.92. The molecule has 0 aliphatic rings. The van der Waals surface area contributed by atoms with Gasteiger partial charge in [-0.25, -0.2) is 18.0 Å². The Bertz CT molecular complexity index is 951. The Labute approximate surface area is 164 Å².